The maximum Gasteiger partial charge on any atom is 0.317 e. The molecule has 32 heavy (non-hydrogen) atoms. The van der Waals surface area contributed by atoms with Crippen LogP contribution >= 0.6 is 0 Å². The van der Waals surface area contributed by atoms with E-state index in [1.165, 1.54) is 50.6 Å². The normalized spacial score (nSPS) is 18.3. The van der Waals surface area contributed by atoms with Gasteiger partial charge < -0.3 is 20.3 Å². The summed E-state index contributed by atoms with van der Waals surface area (Å²) in [5.41, 5.74) is 0.401. The summed E-state index contributed by atoms with van der Waals surface area (Å²) in [6, 6.07) is 6.12. The number of piperidine rings is 1. The van der Waals surface area contributed by atoms with Crippen LogP contribution in [0.5, 0.6) is 0 Å². The van der Waals surface area contributed by atoms with Gasteiger partial charge in [-0.1, -0.05) is 19.3 Å². The Bertz CT molecular complexity index is 861. The van der Waals surface area contributed by atoms with Crippen LogP contribution in [-0.4, -0.2) is 70.7 Å². The van der Waals surface area contributed by atoms with Crippen LogP contribution in [0.25, 0.3) is 0 Å². The molecule has 10 heteroatoms. The number of nitrogens with one attached hydrogen (secondary N) is 3. The molecule has 1 aliphatic heterocycles. The number of likely N-dealkylation sites (tertiary alicyclic amines) is 1. The molecule has 1 aromatic rings. The number of sulfonamides is 1. The molecule has 3 amide bonds. The number of ether oxygens (including phenoxy) is 1. The lowest BCUT2D eigenvalue weighted by atomic mass is 9.95. The first kappa shape index (κ1) is 24.5. The molecule has 1 saturated heterocycles. The van der Waals surface area contributed by atoms with Crippen molar-refractivity contribution in [3.8, 4) is 0 Å². The number of hydrogen-bond acceptors (Lipinski definition) is 5. The zero-order valence-corrected chi connectivity index (χ0v) is 19.5. The van der Waals surface area contributed by atoms with Crippen LogP contribution in [0, 0.1) is 0 Å². The molecule has 0 atom stereocenters. The first-order chi connectivity index (χ1) is 15.4. The van der Waals surface area contributed by atoms with Crippen molar-refractivity contribution in [3.05, 3.63) is 29.8 Å². The highest BCUT2D eigenvalue weighted by atomic mass is 32.2. The molecule has 0 bridgehead atoms. The summed E-state index contributed by atoms with van der Waals surface area (Å²) in [4.78, 5) is 27.0. The van der Waals surface area contributed by atoms with Gasteiger partial charge in [0.05, 0.1) is 11.5 Å². The number of benzene rings is 1. The predicted octanol–water partition coefficient (Wildman–Crippen LogP) is 1.85. The van der Waals surface area contributed by atoms with E-state index in [9.17, 15) is 18.0 Å². The van der Waals surface area contributed by atoms with Crippen molar-refractivity contribution in [2.75, 3.05) is 33.4 Å². The monoisotopic (exact) mass is 466 g/mol. The van der Waals surface area contributed by atoms with Crippen molar-refractivity contribution in [3.63, 3.8) is 0 Å². The Kier molecular flexibility index (Phi) is 8.89. The van der Waals surface area contributed by atoms with E-state index in [1.807, 2.05) is 4.90 Å². The maximum atomic E-state index is 12.6. The van der Waals surface area contributed by atoms with Crippen LogP contribution < -0.4 is 15.4 Å². The highest BCUT2D eigenvalue weighted by Crippen LogP contribution is 2.19. The van der Waals surface area contributed by atoms with Crippen LogP contribution in [0.3, 0.4) is 0 Å². The number of hydrogen-bond donors (Lipinski definition) is 3. The first-order valence-electron chi connectivity index (χ1n) is 11.3. The summed E-state index contributed by atoms with van der Waals surface area (Å²) >= 11 is 0. The molecule has 1 aromatic carbocycles. The number of urea groups is 1. The average molecular weight is 467 g/mol. The summed E-state index contributed by atoms with van der Waals surface area (Å²) in [6.07, 6.45) is 7.11. The van der Waals surface area contributed by atoms with Gasteiger partial charge >= 0.3 is 6.03 Å². The Morgan fingerprint density at radius 3 is 2.22 bits per heavy atom. The number of carbonyl (C=O) groups is 2. The molecular weight excluding hydrogens is 432 g/mol. The largest absolute Gasteiger partial charge is 0.383 e. The quantitative estimate of drug-likeness (QED) is 0.506. The topological polar surface area (TPSA) is 117 Å². The SMILES string of the molecule is COCCNS(=O)(=O)c1ccc(C(=O)NC2CCN(C(=O)NC3CCCCC3)CC2)cc1. The van der Waals surface area contributed by atoms with E-state index in [1.54, 1.807) is 0 Å². The lowest BCUT2D eigenvalue weighted by molar-refractivity contribution is 0.0917. The molecule has 0 unspecified atom stereocenters. The molecule has 0 aromatic heterocycles. The third-order valence-electron chi connectivity index (χ3n) is 6.08. The fraction of sp³-hybridized carbons (Fsp3) is 0.636. The van der Waals surface area contributed by atoms with Crippen molar-refractivity contribution in [1.29, 1.82) is 0 Å². The second kappa shape index (κ2) is 11.6. The third-order valence-corrected chi connectivity index (χ3v) is 7.55. The molecule has 1 aliphatic carbocycles. The second-order valence-corrected chi connectivity index (χ2v) is 10.2. The van der Waals surface area contributed by atoms with Gasteiger partial charge in [-0.15, -0.1) is 0 Å². The molecule has 1 heterocycles. The molecular formula is C22H34N4O5S. The Morgan fingerprint density at radius 2 is 1.59 bits per heavy atom. The smallest absolute Gasteiger partial charge is 0.317 e. The van der Waals surface area contributed by atoms with Crippen molar-refractivity contribution in [2.24, 2.45) is 0 Å². The van der Waals surface area contributed by atoms with Gasteiger partial charge in [0.25, 0.3) is 5.91 Å². The molecule has 3 rings (SSSR count). The summed E-state index contributed by atoms with van der Waals surface area (Å²) < 4.78 is 31.7. The Balaban J connectivity index is 1.44. The molecule has 2 fully saturated rings. The molecule has 178 valence electrons. The van der Waals surface area contributed by atoms with Gasteiger partial charge in [-0.05, 0) is 49.9 Å². The van der Waals surface area contributed by atoms with Crippen LogP contribution in [0.15, 0.2) is 29.2 Å². The van der Waals surface area contributed by atoms with Gasteiger partial charge in [-0.25, -0.2) is 17.9 Å². The van der Waals surface area contributed by atoms with E-state index in [0.29, 0.717) is 31.5 Å². The highest BCUT2D eigenvalue weighted by Gasteiger charge is 2.26. The van der Waals surface area contributed by atoms with Crippen LogP contribution in [0.1, 0.15) is 55.3 Å². The lowest BCUT2D eigenvalue weighted by Crippen LogP contribution is -2.51. The Morgan fingerprint density at radius 1 is 0.969 bits per heavy atom. The minimum atomic E-state index is -3.63. The second-order valence-electron chi connectivity index (χ2n) is 8.43. The van der Waals surface area contributed by atoms with Crippen molar-refractivity contribution in [1.82, 2.24) is 20.3 Å². The highest BCUT2D eigenvalue weighted by molar-refractivity contribution is 7.89. The van der Waals surface area contributed by atoms with Gasteiger partial charge in [-0.3, -0.25) is 4.79 Å². The molecule has 0 radical (unpaired) electrons. The molecule has 0 spiro atoms. The summed E-state index contributed by atoms with van der Waals surface area (Å²) in [5, 5.41) is 6.14. The number of carbonyl (C=O) groups excluding carboxylic acids is 2. The van der Waals surface area contributed by atoms with Crippen molar-refractivity contribution in [2.45, 2.75) is 61.9 Å². The third kappa shape index (κ3) is 6.91. The number of rotatable bonds is 8. The Hall–Kier alpha value is -2.17. The minimum Gasteiger partial charge on any atom is -0.383 e. The average Bonchev–Trinajstić information content (AvgIpc) is 2.80. The lowest BCUT2D eigenvalue weighted by Gasteiger charge is -2.34. The maximum absolute atomic E-state index is 12.6. The van der Waals surface area contributed by atoms with E-state index in [-0.39, 0.29) is 42.1 Å². The summed E-state index contributed by atoms with van der Waals surface area (Å²) in [7, 11) is -2.13. The van der Waals surface area contributed by atoms with Crippen LogP contribution in [0.4, 0.5) is 4.79 Å². The van der Waals surface area contributed by atoms with E-state index >= 15 is 0 Å². The van der Waals surface area contributed by atoms with Gasteiger partial charge in [0.15, 0.2) is 0 Å². The van der Waals surface area contributed by atoms with Gasteiger partial charge in [0.1, 0.15) is 0 Å². The molecule has 9 nitrogen and oxygen atoms in total. The first-order valence-corrected chi connectivity index (χ1v) is 12.8. The number of amides is 3. The van der Waals surface area contributed by atoms with E-state index in [4.69, 9.17) is 4.74 Å². The Labute approximate surface area is 190 Å². The standard InChI is InChI=1S/C22H34N4O5S/c1-31-16-13-23-32(29,30)20-9-7-17(8-10-20)21(27)24-19-11-14-26(15-12-19)22(28)25-18-5-3-2-4-6-18/h7-10,18-19,23H,2-6,11-16H2,1H3,(H,24,27)(H,25,28). The fourth-order valence-electron chi connectivity index (χ4n) is 4.16. The zero-order chi connectivity index (χ0) is 23.0. The fourth-order valence-corrected chi connectivity index (χ4v) is 5.17. The van der Waals surface area contributed by atoms with Gasteiger partial charge in [0.2, 0.25) is 10.0 Å². The van der Waals surface area contributed by atoms with Crippen molar-refractivity contribution >= 4 is 22.0 Å². The minimum absolute atomic E-state index is 0.00224. The van der Waals surface area contributed by atoms with Crippen LogP contribution in [-0.2, 0) is 14.8 Å². The van der Waals surface area contributed by atoms with E-state index in [2.05, 4.69) is 15.4 Å². The van der Waals surface area contributed by atoms with Crippen molar-refractivity contribution < 1.29 is 22.7 Å². The number of nitrogens with zero attached hydrogens (tertiary/aromatic N) is 1. The predicted molar refractivity (Wildman–Crippen MR) is 121 cm³/mol. The van der Waals surface area contributed by atoms with Crippen LogP contribution in [0.2, 0.25) is 0 Å². The van der Waals surface area contributed by atoms with Gasteiger partial charge in [0, 0.05) is 44.4 Å². The van der Waals surface area contributed by atoms with E-state index in [0.717, 1.165) is 12.8 Å². The van der Waals surface area contributed by atoms with Gasteiger partial charge in [-0.2, -0.15) is 0 Å². The molecule has 3 N–H and O–H groups in total. The summed E-state index contributed by atoms with van der Waals surface area (Å²) in [5.74, 6) is -0.244. The van der Waals surface area contributed by atoms with E-state index < -0.39 is 10.0 Å². The molecule has 2 aliphatic rings. The number of methoxy groups -OCH3 is 1. The summed E-state index contributed by atoms with van der Waals surface area (Å²) in [6.45, 7) is 1.67. The molecule has 1 saturated carbocycles. The zero-order valence-electron chi connectivity index (χ0n) is 18.6.